The number of nitrogens with two attached hydrogens (primary N) is 1. The Kier molecular flexibility index (Phi) is 4.64. The van der Waals surface area contributed by atoms with Gasteiger partial charge in [-0.15, -0.1) is 0 Å². The highest BCUT2D eigenvalue weighted by molar-refractivity contribution is 6.31. The van der Waals surface area contributed by atoms with E-state index in [4.69, 9.17) is 22.1 Å². The molecule has 0 aliphatic rings. The molecule has 0 saturated heterocycles. The highest BCUT2D eigenvalue weighted by atomic mass is 35.5. The van der Waals surface area contributed by atoms with Crippen molar-refractivity contribution in [3.05, 3.63) is 58.6 Å². The zero-order valence-corrected chi connectivity index (χ0v) is 12.0. The van der Waals surface area contributed by atoms with Crippen molar-refractivity contribution in [2.24, 2.45) is 0 Å². The van der Waals surface area contributed by atoms with E-state index in [9.17, 15) is 4.79 Å². The fraction of sp³-hybridized carbons (Fsp3) is 0.188. The number of aryl methyl sites for hydroxylation is 1. The smallest absolute Gasteiger partial charge is 0.166 e. The van der Waals surface area contributed by atoms with Crippen LogP contribution < -0.4 is 10.5 Å². The molecule has 0 bridgehead atoms. The number of nitrogen functional groups attached to an aromatic ring is 1. The summed E-state index contributed by atoms with van der Waals surface area (Å²) in [5.74, 6) is 0.567. The maximum Gasteiger partial charge on any atom is 0.166 e. The number of carbonyl (C=O) groups excluding carboxylic acids is 1. The number of halogens is 1. The first-order chi connectivity index (χ1) is 9.60. The van der Waals surface area contributed by atoms with Crippen molar-refractivity contribution in [2.45, 2.75) is 12.8 Å². The largest absolute Gasteiger partial charge is 0.496 e. The van der Waals surface area contributed by atoms with E-state index in [-0.39, 0.29) is 5.78 Å². The average Bonchev–Trinajstić information content (AvgIpc) is 2.46. The Morgan fingerprint density at radius 3 is 2.55 bits per heavy atom. The molecule has 2 aromatic carbocycles. The first-order valence-electron chi connectivity index (χ1n) is 6.31. The molecule has 0 atom stereocenters. The Bertz CT molecular complexity index is 608. The lowest BCUT2D eigenvalue weighted by molar-refractivity contribution is 0.0980. The van der Waals surface area contributed by atoms with Crippen LogP contribution in [0.25, 0.3) is 0 Å². The summed E-state index contributed by atoms with van der Waals surface area (Å²) in [4.78, 5) is 12.3. The lowest BCUT2D eigenvalue weighted by atomic mass is 10.0. The van der Waals surface area contributed by atoms with Crippen molar-refractivity contribution in [1.29, 1.82) is 0 Å². The van der Waals surface area contributed by atoms with Crippen molar-refractivity contribution in [1.82, 2.24) is 0 Å². The van der Waals surface area contributed by atoms with Crippen molar-refractivity contribution in [3.8, 4) is 5.75 Å². The van der Waals surface area contributed by atoms with Gasteiger partial charge in [0.1, 0.15) is 5.75 Å². The number of rotatable bonds is 5. The Labute approximate surface area is 123 Å². The Morgan fingerprint density at radius 1 is 1.20 bits per heavy atom. The SMILES string of the molecule is COc1ccc(Cl)cc1C(=O)CCc1ccc(N)cc1. The number of hydrogen-bond acceptors (Lipinski definition) is 3. The summed E-state index contributed by atoms with van der Waals surface area (Å²) in [5.41, 5.74) is 7.95. The van der Waals surface area contributed by atoms with Crippen LogP contribution in [-0.2, 0) is 6.42 Å². The fourth-order valence-electron chi connectivity index (χ4n) is 1.97. The number of ketones is 1. The van der Waals surface area contributed by atoms with Gasteiger partial charge >= 0.3 is 0 Å². The molecule has 3 nitrogen and oxygen atoms in total. The molecule has 0 amide bonds. The zero-order chi connectivity index (χ0) is 14.5. The van der Waals surface area contributed by atoms with Gasteiger partial charge in [-0.1, -0.05) is 23.7 Å². The molecule has 104 valence electrons. The van der Waals surface area contributed by atoms with Crippen LogP contribution in [-0.4, -0.2) is 12.9 Å². The van der Waals surface area contributed by atoms with Crippen LogP contribution in [0.4, 0.5) is 5.69 Å². The second-order valence-corrected chi connectivity index (χ2v) is 4.95. The monoisotopic (exact) mass is 289 g/mol. The number of ether oxygens (including phenoxy) is 1. The quantitative estimate of drug-likeness (QED) is 0.674. The molecule has 4 heteroatoms. The van der Waals surface area contributed by atoms with Gasteiger partial charge in [0, 0.05) is 17.1 Å². The normalized spacial score (nSPS) is 10.3. The molecular weight excluding hydrogens is 274 g/mol. The number of methoxy groups -OCH3 is 1. The van der Waals surface area contributed by atoms with Gasteiger partial charge in [0.2, 0.25) is 0 Å². The van der Waals surface area contributed by atoms with Crippen molar-refractivity contribution >= 4 is 23.1 Å². The van der Waals surface area contributed by atoms with Crippen LogP contribution in [0.15, 0.2) is 42.5 Å². The maximum absolute atomic E-state index is 12.3. The average molecular weight is 290 g/mol. The van der Waals surface area contributed by atoms with Gasteiger partial charge in [-0.05, 0) is 42.3 Å². The minimum Gasteiger partial charge on any atom is -0.496 e. The van der Waals surface area contributed by atoms with Crippen LogP contribution in [0.3, 0.4) is 0 Å². The van der Waals surface area contributed by atoms with Crippen LogP contribution in [0, 0.1) is 0 Å². The van der Waals surface area contributed by atoms with Gasteiger partial charge in [0.05, 0.1) is 12.7 Å². The molecule has 0 radical (unpaired) electrons. The molecule has 0 saturated carbocycles. The van der Waals surface area contributed by atoms with Gasteiger partial charge in [-0.2, -0.15) is 0 Å². The van der Waals surface area contributed by atoms with E-state index < -0.39 is 0 Å². The van der Waals surface area contributed by atoms with E-state index in [0.29, 0.717) is 29.2 Å². The van der Waals surface area contributed by atoms with E-state index >= 15 is 0 Å². The van der Waals surface area contributed by atoms with E-state index in [1.54, 1.807) is 25.3 Å². The van der Waals surface area contributed by atoms with Crippen molar-refractivity contribution in [2.75, 3.05) is 12.8 Å². The summed E-state index contributed by atoms with van der Waals surface area (Å²) in [6.45, 7) is 0. The minimum absolute atomic E-state index is 0.0150. The minimum atomic E-state index is 0.0150. The number of hydrogen-bond donors (Lipinski definition) is 1. The first-order valence-corrected chi connectivity index (χ1v) is 6.69. The summed E-state index contributed by atoms with van der Waals surface area (Å²) in [6, 6.07) is 12.6. The Hall–Kier alpha value is -2.00. The molecule has 20 heavy (non-hydrogen) atoms. The molecule has 2 aromatic rings. The third kappa shape index (κ3) is 3.52. The second-order valence-electron chi connectivity index (χ2n) is 4.51. The number of carbonyl (C=O) groups is 1. The maximum atomic E-state index is 12.3. The van der Waals surface area contributed by atoms with E-state index in [2.05, 4.69) is 0 Å². The highest BCUT2D eigenvalue weighted by Crippen LogP contribution is 2.24. The molecular formula is C16H16ClNO2. The molecule has 0 unspecified atom stereocenters. The van der Waals surface area contributed by atoms with Gasteiger partial charge in [0.25, 0.3) is 0 Å². The molecule has 2 rings (SSSR count). The summed E-state index contributed by atoms with van der Waals surface area (Å²) in [5, 5.41) is 0.529. The zero-order valence-electron chi connectivity index (χ0n) is 11.2. The van der Waals surface area contributed by atoms with E-state index in [1.807, 2.05) is 24.3 Å². The van der Waals surface area contributed by atoms with Crippen LogP contribution in [0.5, 0.6) is 5.75 Å². The predicted octanol–water partition coefficient (Wildman–Crippen LogP) is 3.75. The number of benzene rings is 2. The van der Waals surface area contributed by atoms with Crippen molar-refractivity contribution < 1.29 is 9.53 Å². The van der Waals surface area contributed by atoms with Gasteiger partial charge in [-0.25, -0.2) is 0 Å². The van der Waals surface area contributed by atoms with Gasteiger partial charge in [0.15, 0.2) is 5.78 Å². The van der Waals surface area contributed by atoms with Crippen LogP contribution in [0.2, 0.25) is 5.02 Å². The third-order valence-electron chi connectivity index (χ3n) is 3.08. The summed E-state index contributed by atoms with van der Waals surface area (Å²) in [6.07, 6.45) is 1.06. The number of anilines is 1. The summed E-state index contributed by atoms with van der Waals surface area (Å²) < 4.78 is 5.19. The molecule has 0 spiro atoms. The predicted molar refractivity (Wildman–Crippen MR) is 81.5 cm³/mol. The van der Waals surface area contributed by atoms with Gasteiger partial charge in [-0.3, -0.25) is 4.79 Å². The topological polar surface area (TPSA) is 52.3 Å². The lowest BCUT2D eigenvalue weighted by Crippen LogP contribution is -2.04. The molecule has 2 N–H and O–H groups in total. The molecule has 0 heterocycles. The van der Waals surface area contributed by atoms with Crippen LogP contribution in [0.1, 0.15) is 22.3 Å². The Morgan fingerprint density at radius 2 is 1.90 bits per heavy atom. The first kappa shape index (κ1) is 14.4. The Balaban J connectivity index is 2.08. The standard InChI is InChI=1S/C16H16ClNO2/c1-20-16-9-5-12(17)10-14(16)15(19)8-4-11-2-6-13(18)7-3-11/h2-3,5-7,9-10H,4,8,18H2,1H3. The molecule has 0 aliphatic carbocycles. The summed E-state index contributed by atoms with van der Waals surface area (Å²) >= 11 is 5.93. The second kappa shape index (κ2) is 6.44. The molecule has 0 fully saturated rings. The molecule has 0 aliphatic heterocycles. The van der Waals surface area contributed by atoms with E-state index in [1.165, 1.54) is 0 Å². The molecule has 0 aromatic heterocycles. The fourth-order valence-corrected chi connectivity index (χ4v) is 2.15. The van der Waals surface area contributed by atoms with Crippen molar-refractivity contribution in [3.63, 3.8) is 0 Å². The number of Topliss-reactive ketones (excluding diaryl/α,β-unsaturated/α-hetero) is 1. The third-order valence-corrected chi connectivity index (χ3v) is 3.32. The van der Waals surface area contributed by atoms with Gasteiger partial charge < -0.3 is 10.5 Å². The lowest BCUT2D eigenvalue weighted by Gasteiger charge is -2.08. The highest BCUT2D eigenvalue weighted by Gasteiger charge is 2.12. The van der Waals surface area contributed by atoms with Crippen LogP contribution >= 0.6 is 11.6 Å². The van der Waals surface area contributed by atoms with E-state index in [0.717, 1.165) is 11.3 Å². The summed E-state index contributed by atoms with van der Waals surface area (Å²) in [7, 11) is 1.54.